The number of likely N-dealkylation sites (tertiary alicyclic amines) is 1. The average Bonchev–Trinajstić information content (AvgIpc) is 3.38. The lowest BCUT2D eigenvalue weighted by molar-refractivity contribution is -0.144. The summed E-state index contributed by atoms with van der Waals surface area (Å²) in [5, 5.41) is 3.50. The number of morpholine rings is 1. The number of rotatable bonds is 5. The number of hydrogen-bond donors (Lipinski definition) is 1. The van der Waals surface area contributed by atoms with Crippen LogP contribution < -0.4 is 5.32 Å². The van der Waals surface area contributed by atoms with E-state index < -0.39 is 0 Å². The molecule has 3 aliphatic rings. The molecule has 142 valence electrons. The van der Waals surface area contributed by atoms with E-state index >= 15 is 0 Å². The van der Waals surface area contributed by atoms with Crippen molar-refractivity contribution >= 4 is 11.9 Å². The largest absolute Gasteiger partial charge is 0.372 e. The fourth-order valence-electron chi connectivity index (χ4n) is 4.41. The van der Waals surface area contributed by atoms with Gasteiger partial charge in [-0.1, -0.05) is 0 Å². The van der Waals surface area contributed by atoms with Gasteiger partial charge in [-0.05, 0) is 44.6 Å². The maximum Gasteiger partial charge on any atom is 0.236 e. The molecule has 0 unspecified atom stereocenters. The smallest absolute Gasteiger partial charge is 0.236 e. The van der Waals surface area contributed by atoms with Crippen LogP contribution in [0.5, 0.6) is 0 Å². The summed E-state index contributed by atoms with van der Waals surface area (Å²) >= 11 is 0. The van der Waals surface area contributed by atoms with Crippen molar-refractivity contribution in [3.05, 3.63) is 18.5 Å². The van der Waals surface area contributed by atoms with E-state index in [0.29, 0.717) is 37.5 Å². The normalized spacial score (nSPS) is 32.6. The Morgan fingerprint density at radius 2 is 1.85 bits per heavy atom. The monoisotopic (exact) mass is 359 g/mol. The molecule has 1 aliphatic carbocycles. The summed E-state index contributed by atoms with van der Waals surface area (Å²) in [4.78, 5) is 25.7. The van der Waals surface area contributed by atoms with E-state index in [1.54, 1.807) is 12.4 Å². The van der Waals surface area contributed by atoms with Crippen LogP contribution in [0, 0.1) is 11.8 Å². The number of hydrogen-bond acceptors (Lipinski definition) is 6. The van der Waals surface area contributed by atoms with E-state index in [-0.39, 0.29) is 18.1 Å². The Morgan fingerprint density at radius 3 is 2.50 bits per heavy atom. The summed E-state index contributed by atoms with van der Waals surface area (Å²) in [6.07, 6.45) is 6.37. The van der Waals surface area contributed by atoms with Gasteiger partial charge in [-0.3, -0.25) is 9.69 Å². The van der Waals surface area contributed by atoms with E-state index in [2.05, 4.69) is 20.2 Å². The van der Waals surface area contributed by atoms with Crippen LogP contribution >= 0.6 is 0 Å². The van der Waals surface area contributed by atoms with Crippen LogP contribution in [0.1, 0.15) is 26.7 Å². The first-order valence-electron chi connectivity index (χ1n) is 9.77. The molecule has 1 N–H and O–H groups in total. The Bertz CT molecular complexity index is 614. The highest BCUT2D eigenvalue weighted by Crippen LogP contribution is 2.42. The van der Waals surface area contributed by atoms with Crippen LogP contribution in [0.2, 0.25) is 0 Å². The molecule has 3 heterocycles. The van der Waals surface area contributed by atoms with Crippen molar-refractivity contribution in [3.8, 4) is 0 Å². The summed E-state index contributed by atoms with van der Waals surface area (Å²) in [6, 6.07) is 2.15. The lowest BCUT2D eigenvalue weighted by atomic mass is 9.98. The number of carbonyl (C=O) groups excluding carboxylic acids is 1. The lowest BCUT2D eigenvalue weighted by Crippen LogP contribution is -2.51. The zero-order valence-corrected chi connectivity index (χ0v) is 15.7. The van der Waals surface area contributed by atoms with Crippen molar-refractivity contribution < 1.29 is 9.53 Å². The van der Waals surface area contributed by atoms with Gasteiger partial charge in [-0.2, -0.15) is 0 Å². The van der Waals surface area contributed by atoms with E-state index in [4.69, 9.17) is 4.74 Å². The molecule has 2 aliphatic heterocycles. The molecule has 0 bridgehead atoms. The highest BCUT2D eigenvalue weighted by Gasteiger charge is 2.43. The molecular weight excluding hydrogens is 330 g/mol. The molecule has 0 spiro atoms. The fraction of sp³-hybridized carbons (Fsp3) is 0.737. The van der Waals surface area contributed by atoms with Crippen LogP contribution in [0.25, 0.3) is 0 Å². The van der Waals surface area contributed by atoms with Crippen molar-refractivity contribution in [2.75, 3.05) is 38.0 Å². The van der Waals surface area contributed by atoms with Crippen LogP contribution in [-0.4, -0.2) is 76.6 Å². The minimum atomic E-state index is 0.116. The third-order valence-corrected chi connectivity index (χ3v) is 5.68. The predicted octanol–water partition coefficient (Wildman–Crippen LogP) is 1.23. The second-order valence-corrected chi connectivity index (χ2v) is 8.07. The number of nitrogens with one attached hydrogen (secondary N) is 1. The summed E-state index contributed by atoms with van der Waals surface area (Å²) < 4.78 is 5.75. The maximum absolute atomic E-state index is 12.8. The highest BCUT2D eigenvalue weighted by atomic mass is 16.5. The molecule has 1 aromatic rings. The predicted molar refractivity (Wildman–Crippen MR) is 98.7 cm³/mol. The Balaban J connectivity index is 1.36. The molecule has 1 saturated carbocycles. The molecule has 26 heavy (non-hydrogen) atoms. The van der Waals surface area contributed by atoms with E-state index in [9.17, 15) is 4.79 Å². The molecule has 0 radical (unpaired) electrons. The minimum absolute atomic E-state index is 0.116. The third-order valence-electron chi connectivity index (χ3n) is 5.68. The van der Waals surface area contributed by atoms with Gasteiger partial charge in [0.25, 0.3) is 0 Å². The number of amides is 1. The Labute approximate surface area is 155 Å². The molecular formula is C19H29N5O2. The van der Waals surface area contributed by atoms with Gasteiger partial charge in [0.2, 0.25) is 11.9 Å². The van der Waals surface area contributed by atoms with Gasteiger partial charge in [0.1, 0.15) is 0 Å². The van der Waals surface area contributed by atoms with E-state index in [1.165, 1.54) is 12.8 Å². The number of nitrogens with zero attached hydrogens (tertiary/aromatic N) is 4. The van der Waals surface area contributed by atoms with Crippen LogP contribution in [0.3, 0.4) is 0 Å². The van der Waals surface area contributed by atoms with Crippen molar-refractivity contribution in [1.29, 1.82) is 0 Å². The quantitative estimate of drug-likeness (QED) is 0.853. The number of ether oxygens (including phenoxy) is 1. The van der Waals surface area contributed by atoms with E-state index in [1.807, 2.05) is 24.8 Å². The first kappa shape index (κ1) is 17.7. The number of anilines is 1. The molecule has 1 amide bonds. The zero-order valence-electron chi connectivity index (χ0n) is 15.7. The van der Waals surface area contributed by atoms with Gasteiger partial charge >= 0.3 is 0 Å². The topological polar surface area (TPSA) is 70.6 Å². The summed E-state index contributed by atoms with van der Waals surface area (Å²) in [7, 11) is 0. The first-order valence-corrected chi connectivity index (χ1v) is 9.77. The Kier molecular flexibility index (Phi) is 5.09. The molecule has 0 aromatic carbocycles. The van der Waals surface area contributed by atoms with Gasteiger partial charge in [0.05, 0.1) is 18.8 Å². The molecule has 4 atom stereocenters. The molecule has 3 fully saturated rings. The standard InChI is InChI=1S/C19H29N5O2/c1-13-8-24(9-14(2)26-13)18(25)12-23-10-16(15-4-5-15)17(11-23)22-19-20-6-3-7-21-19/h3,6-7,13-17H,4-5,8-12H2,1-2H3,(H,20,21,22)/t13-,14+,16-,17+/m1/s1. The summed E-state index contributed by atoms with van der Waals surface area (Å²) in [5.74, 6) is 2.26. The summed E-state index contributed by atoms with van der Waals surface area (Å²) in [5.41, 5.74) is 0. The Hall–Kier alpha value is -1.73. The molecule has 4 rings (SSSR count). The average molecular weight is 359 g/mol. The molecule has 2 saturated heterocycles. The first-order chi connectivity index (χ1) is 12.6. The van der Waals surface area contributed by atoms with Gasteiger partial charge in [0.15, 0.2) is 0 Å². The second kappa shape index (κ2) is 7.48. The van der Waals surface area contributed by atoms with Crippen molar-refractivity contribution in [2.45, 2.75) is 44.9 Å². The molecule has 1 aromatic heterocycles. The summed E-state index contributed by atoms with van der Waals surface area (Å²) in [6.45, 7) is 7.82. The van der Waals surface area contributed by atoms with Gasteiger partial charge in [-0.15, -0.1) is 0 Å². The highest BCUT2D eigenvalue weighted by molar-refractivity contribution is 5.78. The Morgan fingerprint density at radius 1 is 1.15 bits per heavy atom. The van der Waals surface area contributed by atoms with Gasteiger partial charge < -0.3 is 15.0 Å². The van der Waals surface area contributed by atoms with Crippen LogP contribution in [0.15, 0.2) is 18.5 Å². The minimum Gasteiger partial charge on any atom is -0.372 e. The lowest BCUT2D eigenvalue weighted by Gasteiger charge is -2.36. The molecule has 7 heteroatoms. The fourth-order valence-corrected chi connectivity index (χ4v) is 4.41. The zero-order chi connectivity index (χ0) is 18.1. The van der Waals surface area contributed by atoms with Gasteiger partial charge in [-0.25, -0.2) is 9.97 Å². The second-order valence-electron chi connectivity index (χ2n) is 8.07. The van der Waals surface area contributed by atoms with Crippen molar-refractivity contribution in [1.82, 2.24) is 19.8 Å². The van der Waals surface area contributed by atoms with Crippen LogP contribution in [0.4, 0.5) is 5.95 Å². The van der Waals surface area contributed by atoms with E-state index in [0.717, 1.165) is 19.0 Å². The SMILES string of the molecule is C[C@@H]1CN(C(=O)CN2C[C@H](Nc3ncccn3)[C@@H](C3CC3)C2)C[C@H](C)O1. The van der Waals surface area contributed by atoms with Crippen LogP contribution in [-0.2, 0) is 9.53 Å². The van der Waals surface area contributed by atoms with Crippen molar-refractivity contribution in [2.24, 2.45) is 11.8 Å². The maximum atomic E-state index is 12.8. The third kappa shape index (κ3) is 4.15. The number of carbonyl (C=O) groups is 1. The number of aromatic nitrogens is 2. The van der Waals surface area contributed by atoms with Crippen molar-refractivity contribution in [3.63, 3.8) is 0 Å². The van der Waals surface area contributed by atoms with Gasteiger partial charge in [0, 0.05) is 44.6 Å². The molecule has 7 nitrogen and oxygen atoms in total.